The van der Waals surface area contributed by atoms with Gasteiger partial charge in [-0.3, -0.25) is 20.3 Å². The SMILES string of the molecule is NNC(=O)c1sccc1CSc1ccc([N+](=O)[O-])cc1. The van der Waals surface area contributed by atoms with Crippen molar-refractivity contribution in [3.05, 3.63) is 56.3 Å². The fourth-order valence-electron chi connectivity index (χ4n) is 1.54. The smallest absolute Gasteiger partial charge is 0.275 e. The minimum Gasteiger partial charge on any atom is -0.289 e. The van der Waals surface area contributed by atoms with Crippen LogP contribution in [0.2, 0.25) is 0 Å². The molecule has 2 rings (SSSR count). The lowest BCUT2D eigenvalue weighted by molar-refractivity contribution is -0.384. The van der Waals surface area contributed by atoms with Crippen molar-refractivity contribution in [3.8, 4) is 0 Å². The number of hydrazine groups is 1. The highest BCUT2D eigenvalue weighted by Gasteiger charge is 2.12. The number of hydrogen-bond acceptors (Lipinski definition) is 6. The predicted octanol–water partition coefficient (Wildman–Crippen LogP) is 2.55. The molecule has 0 aliphatic heterocycles. The van der Waals surface area contributed by atoms with Crippen LogP contribution in [0, 0.1) is 10.1 Å². The molecule has 0 fully saturated rings. The van der Waals surface area contributed by atoms with E-state index in [1.807, 2.05) is 11.4 Å². The Morgan fingerprint density at radius 3 is 2.65 bits per heavy atom. The van der Waals surface area contributed by atoms with Crippen molar-refractivity contribution < 1.29 is 9.72 Å². The van der Waals surface area contributed by atoms with E-state index in [1.54, 1.807) is 12.1 Å². The maximum atomic E-state index is 11.5. The highest BCUT2D eigenvalue weighted by molar-refractivity contribution is 7.98. The van der Waals surface area contributed by atoms with Crippen LogP contribution in [0.5, 0.6) is 0 Å². The summed E-state index contributed by atoms with van der Waals surface area (Å²) in [5.74, 6) is 5.42. The molecule has 20 heavy (non-hydrogen) atoms. The Morgan fingerprint density at radius 1 is 1.35 bits per heavy atom. The molecule has 1 aromatic heterocycles. The normalized spacial score (nSPS) is 10.2. The van der Waals surface area contributed by atoms with Gasteiger partial charge in [-0.15, -0.1) is 23.1 Å². The Kier molecular flexibility index (Phi) is 4.72. The van der Waals surface area contributed by atoms with Gasteiger partial charge in [0.15, 0.2) is 0 Å². The van der Waals surface area contributed by atoms with Crippen molar-refractivity contribution in [3.63, 3.8) is 0 Å². The Hall–Kier alpha value is -1.90. The third kappa shape index (κ3) is 3.35. The van der Waals surface area contributed by atoms with Crippen LogP contribution in [-0.2, 0) is 5.75 Å². The minimum atomic E-state index is -0.434. The molecule has 0 radical (unpaired) electrons. The molecule has 0 aliphatic rings. The molecule has 0 saturated heterocycles. The van der Waals surface area contributed by atoms with E-state index in [9.17, 15) is 14.9 Å². The number of amides is 1. The quantitative estimate of drug-likeness (QED) is 0.291. The van der Waals surface area contributed by atoms with E-state index in [0.717, 1.165) is 10.5 Å². The van der Waals surface area contributed by atoms with Crippen molar-refractivity contribution >= 4 is 34.7 Å². The number of carbonyl (C=O) groups is 1. The first-order valence-electron chi connectivity index (χ1n) is 5.56. The van der Waals surface area contributed by atoms with Crippen LogP contribution in [0.15, 0.2) is 40.6 Å². The molecule has 104 valence electrons. The number of nitrogens with one attached hydrogen (secondary N) is 1. The van der Waals surface area contributed by atoms with E-state index in [0.29, 0.717) is 10.6 Å². The summed E-state index contributed by atoms with van der Waals surface area (Å²) in [6.07, 6.45) is 0. The van der Waals surface area contributed by atoms with Crippen molar-refractivity contribution in [2.45, 2.75) is 10.6 Å². The Labute approximate surface area is 123 Å². The molecule has 6 nitrogen and oxygen atoms in total. The number of hydrogen-bond donors (Lipinski definition) is 2. The van der Waals surface area contributed by atoms with Gasteiger partial charge in [0.05, 0.1) is 9.80 Å². The summed E-state index contributed by atoms with van der Waals surface area (Å²) in [4.78, 5) is 23.1. The van der Waals surface area contributed by atoms with E-state index in [-0.39, 0.29) is 11.6 Å². The van der Waals surface area contributed by atoms with E-state index in [1.165, 1.54) is 35.2 Å². The molecule has 2 aromatic rings. The Morgan fingerprint density at radius 2 is 2.05 bits per heavy atom. The lowest BCUT2D eigenvalue weighted by atomic mass is 10.3. The van der Waals surface area contributed by atoms with Crippen LogP contribution >= 0.6 is 23.1 Å². The molecular formula is C12H11N3O3S2. The van der Waals surface area contributed by atoms with Crippen LogP contribution in [0.25, 0.3) is 0 Å². The summed E-state index contributed by atoms with van der Waals surface area (Å²) in [5, 5.41) is 12.4. The minimum absolute atomic E-state index is 0.0630. The molecule has 0 saturated carbocycles. The second kappa shape index (κ2) is 6.51. The summed E-state index contributed by atoms with van der Waals surface area (Å²) in [7, 11) is 0. The lowest BCUT2D eigenvalue weighted by Crippen LogP contribution is -2.29. The number of rotatable bonds is 5. The van der Waals surface area contributed by atoms with Gasteiger partial charge in [-0.25, -0.2) is 5.84 Å². The van der Waals surface area contributed by atoms with Gasteiger partial charge in [-0.05, 0) is 29.1 Å². The summed E-state index contributed by atoms with van der Waals surface area (Å²) >= 11 is 2.83. The van der Waals surface area contributed by atoms with Gasteiger partial charge in [0.25, 0.3) is 11.6 Å². The van der Waals surface area contributed by atoms with Crippen LogP contribution in [0.3, 0.4) is 0 Å². The van der Waals surface area contributed by atoms with E-state index in [2.05, 4.69) is 5.43 Å². The van der Waals surface area contributed by atoms with Crippen LogP contribution < -0.4 is 11.3 Å². The maximum absolute atomic E-state index is 11.5. The molecule has 1 amide bonds. The van der Waals surface area contributed by atoms with Gasteiger partial charge < -0.3 is 0 Å². The molecular weight excluding hydrogens is 298 g/mol. The summed E-state index contributed by atoms with van der Waals surface area (Å²) in [5.41, 5.74) is 3.07. The number of non-ortho nitro benzene ring substituents is 1. The number of nitro groups is 1. The van der Waals surface area contributed by atoms with Gasteiger partial charge in [-0.2, -0.15) is 0 Å². The number of nitro benzene ring substituents is 1. The van der Waals surface area contributed by atoms with Crippen LogP contribution in [0.1, 0.15) is 15.2 Å². The third-order valence-corrected chi connectivity index (χ3v) is 4.54. The Balaban J connectivity index is 2.04. The molecule has 0 spiro atoms. The third-order valence-electron chi connectivity index (χ3n) is 2.53. The number of nitrogens with zero attached hydrogens (tertiary/aromatic N) is 1. The lowest BCUT2D eigenvalue weighted by Gasteiger charge is -2.03. The highest BCUT2D eigenvalue weighted by atomic mass is 32.2. The van der Waals surface area contributed by atoms with E-state index in [4.69, 9.17) is 5.84 Å². The van der Waals surface area contributed by atoms with Gasteiger partial charge in [0.1, 0.15) is 0 Å². The Bertz CT molecular complexity index is 625. The monoisotopic (exact) mass is 309 g/mol. The fraction of sp³-hybridized carbons (Fsp3) is 0.0833. The number of nitrogen functional groups attached to an aromatic ring is 1. The highest BCUT2D eigenvalue weighted by Crippen LogP contribution is 2.28. The maximum Gasteiger partial charge on any atom is 0.275 e. The molecule has 8 heteroatoms. The van der Waals surface area contributed by atoms with Crippen LogP contribution in [0.4, 0.5) is 5.69 Å². The largest absolute Gasteiger partial charge is 0.289 e. The molecule has 3 N–H and O–H groups in total. The molecule has 1 aromatic carbocycles. The second-order valence-electron chi connectivity index (χ2n) is 3.79. The van der Waals surface area contributed by atoms with Crippen molar-refractivity contribution in [1.82, 2.24) is 5.43 Å². The van der Waals surface area contributed by atoms with Gasteiger partial charge in [0.2, 0.25) is 0 Å². The molecule has 0 unspecified atom stereocenters. The summed E-state index contributed by atoms with van der Waals surface area (Å²) in [6.45, 7) is 0. The second-order valence-corrected chi connectivity index (χ2v) is 5.75. The topological polar surface area (TPSA) is 98.3 Å². The zero-order valence-electron chi connectivity index (χ0n) is 10.2. The first kappa shape index (κ1) is 14.5. The molecule has 1 heterocycles. The molecule has 0 aliphatic carbocycles. The zero-order chi connectivity index (χ0) is 14.5. The average Bonchev–Trinajstić information content (AvgIpc) is 2.93. The van der Waals surface area contributed by atoms with E-state index >= 15 is 0 Å². The zero-order valence-corrected chi connectivity index (χ0v) is 11.9. The average molecular weight is 309 g/mol. The van der Waals surface area contributed by atoms with Crippen molar-refractivity contribution in [2.24, 2.45) is 5.84 Å². The number of carbonyl (C=O) groups excluding carboxylic acids is 1. The fourth-order valence-corrected chi connectivity index (χ4v) is 3.35. The first-order chi connectivity index (χ1) is 9.61. The van der Waals surface area contributed by atoms with Gasteiger partial charge in [0, 0.05) is 22.8 Å². The van der Waals surface area contributed by atoms with Crippen LogP contribution in [-0.4, -0.2) is 10.8 Å². The molecule has 0 bridgehead atoms. The number of thioether (sulfide) groups is 1. The number of benzene rings is 1. The summed E-state index contributed by atoms with van der Waals surface area (Å²) < 4.78 is 0. The van der Waals surface area contributed by atoms with Crippen molar-refractivity contribution in [2.75, 3.05) is 0 Å². The van der Waals surface area contributed by atoms with Gasteiger partial charge >= 0.3 is 0 Å². The predicted molar refractivity (Wildman–Crippen MR) is 78.6 cm³/mol. The summed E-state index contributed by atoms with van der Waals surface area (Å²) in [6, 6.07) is 8.18. The van der Waals surface area contributed by atoms with Gasteiger partial charge in [-0.1, -0.05) is 0 Å². The standard InChI is InChI=1S/C12H11N3O3S2/c13-14-12(16)11-8(5-6-19-11)7-20-10-3-1-9(2-4-10)15(17)18/h1-6H,7,13H2,(H,14,16). The number of thiophene rings is 1. The number of nitrogens with two attached hydrogens (primary N) is 1. The molecule has 0 atom stereocenters. The van der Waals surface area contributed by atoms with E-state index < -0.39 is 4.92 Å². The van der Waals surface area contributed by atoms with Crippen molar-refractivity contribution in [1.29, 1.82) is 0 Å². The first-order valence-corrected chi connectivity index (χ1v) is 7.43.